The van der Waals surface area contributed by atoms with Crippen LogP contribution in [0.1, 0.15) is 5.56 Å². The van der Waals surface area contributed by atoms with Crippen LogP contribution in [0.15, 0.2) is 29.6 Å². The number of nitrogens with zero attached hydrogens (tertiary/aromatic N) is 3. The molecule has 0 fully saturated rings. The third kappa shape index (κ3) is 2.49. The first-order valence-electron chi connectivity index (χ1n) is 4.28. The van der Waals surface area contributed by atoms with Crippen molar-refractivity contribution in [3.8, 4) is 0 Å². The number of aromatic amines is 1. The zero-order valence-electron chi connectivity index (χ0n) is 7.89. The summed E-state index contributed by atoms with van der Waals surface area (Å²) in [6.07, 6.45) is 3.06. The van der Waals surface area contributed by atoms with Crippen molar-refractivity contribution in [1.82, 2.24) is 14.9 Å². The van der Waals surface area contributed by atoms with Crippen LogP contribution >= 0.6 is 35.4 Å². The fourth-order valence-electron chi connectivity index (χ4n) is 1.06. The molecule has 0 amide bonds. The lowest BCUT2D eigenvalue weighted by molar-refractivity contribution is 0.863. The molecule has 0 saturated heterocycles. The van der Waals surface area contributed by atoms with Gasteiger partial charge in [-0.2, -0.15) is 14.9 Å². The van der Waals surface area contributed by atoms with Crippen molar-refractivity contribution in [1.29, 1.82) is 0 Å². The number of halogens is 2. The fourth-order valence-corrected chi connectivity index (χ4v) is 1.66. The van der Waals surface area contributed by atoms with Gasteiger partial charge in [0.25, 0.3) is 0 Å². The van der Waals surface area contributed by atoms with Gasteiger partial charge in [-0.15, -0.1) is 0 Å². The Hall–Kier alpha value is -1.17. The topological polar surface area (TPSA) is 46.0 Å². The molecule has 7 heteroatoms. The molecule has 0 bridgehead atoms. The number of nitrogens with one attached hydrogen (secondary N) is 1. The summed E-state index contributed by atoms with van der Waals surface area (Å²) < 4.78 is 1.85. The second-order valence-corrected chi connectivity index (χ2v) is 4.15. The van der Waals surface area contributed by atoms with E-state index in [1.165, 1.54) is 11.0 Å². The van der Waals surface area contributed by atoms with Crippen molar-refractivity contribution in [2.24, 2.45) is 5.10 Å². The normalized spacial score (nSPS) is 11.1. The van der Waals surface area contributed by atoms with Crippen molar-refractivity contribution in [3.05, 3.63) is 44.9 Å². The smallest absolute Gasteiger partial charge is 0.216 e. The van der Waals surface area contributed by atoms with Crippen molar-refractivity contribution < 1.29 is 0 Å². The summed E-state index contributed by atoms with van der Waals surface area (Å²) >= 11 is 16.7. The van der Waals surface area contributed by atoms with Crippen LogP contribution in [0, 0.1) is 4.77 Å². The highest BCUT2D eigenvalue weighted by Gasteiger charge is 1.98. The lowest BCUT2D eigenvalue weighted by Crippen LogP contribution is -1.89. The molecule has 1 heterocycles. The molecule has 16 heavy (non-hydrogen) atoms. The molecule has 0 spiro atoms. The van der Waals surface area contributed by atoms with Gasteiger partial charge in [-0.3, -0.25) is 5.10 Å². The maximum absolute atomic E-state index is 5.98. The highest BCUT2D eigenvalue weighted by Crippen LogP contribution is 2.19. The van der Waals surface area contributed by atoms with Crippen molar-refractivity contribution in [2.45, 2.75) is 0 Å². The lowest BCUT2D eigenvalue weighted by Gasteiger charge is -1.97. The van der Waals surface area contributed by atoms with Gasteiger partial charge in [0.15, 0.2) is 0 Å². The Morgan fingerprint density at radius 1 is 1.44 bits per heavy atom. The molecule has 2 aromatic rings. The molecule has 2 rings (SSSR count). The maximum Gasteiger partial charge on any atom is 0.216 e. The first kappa shape index (κ1) is 11.3. The fraction of sp³-hybridized carbons (Fsp3) is 0. The zero-order chi connectivity index (χ0) is 11.5. The molecular weight excluding hydrogens is 267 g/mol. The first-order chi connectivity index (χ1) is 7.66. The molecule has 1 aromatic heterocycles. The number of H-pyrrole nitrogens is 1. The summed E-state index contributed by atoms with van der Waals surface area (Å²) in [5.74, 6) is 0. The molecule has 4 nitrogen and oxygen atoms in total. The first-order valence-corrected chi connectivity index (χ1v) is 5.44. The molecule has 0 aliphatic heterocycles. The van der Waals surface area contributed by atoms with Crippen LogP contribution in [0.2, 0.25) is 10.0 Å². The van der Waals surface area contributed by atoms with Gasteiger partial charge in [0, 0.05) is 10.6 Å². The quantitative estimate of drug-likeness (QED) is 0.675. The van der Waals surface area contributed by atoms with Crippen LogP contribution < -0.4 is 0 Å². The van der Waals surface area contributed by atoms with Crippen molar-refractivity contribution in [3.63, 3.8) is 0 Å². The van der Waals surface area contributed by atoms with E-state index in [1.807, 2.05) is 0 Å². The number of benzene rings is 1. The molecule has 0 radical (unpaired) electrons. The summed E-state index contributed by atoms with van der Waals surface area (Å²) in [5, 5.41) is 11.5. The van der Waals surface area contributed by atoms with Crippen LogP contribution in [-0.4, -0.2) is 21.1 Å². The Kier molecular flexibility index (Phi) is 3.38. The van der Waals surface area contributed by atoms with Gasteiger partial charge >= 0.3 is 0 Å². The van der Waals surface area contributed by atoms with E-state index in [0.717, 1.165) is 5.56 Å². The lowest BCUT2D eigenvalue weighted by atomic mass is 10.2. The van der Waals surface area contributed by atoms with Crippen LogP contribution in [0.25, 0.3) is 0 Å². The number of hydrogen-bond acceptors (Lipinski definition) is 3. The predicted molar refractivity (Wildman–Crippen MR) is 66.9 cm³/mol. The second-order valence-electron chi connectivity index (χ2n) is 2.92. The Morgan fingerprint density at radius 3 is 2.88 bits per heavy atom. The molecule has 0 saturated carbocycles. The summed E-state index contributed by atoms with van der Waals surface area (Å²) in [4.78, 5) is 0. The average molecular weight is 273 g/mol. The van der Waals surface area contributed by atoms with E-state index >= 15 is 0 Å². The average Bonchev–Trinajstić information content (AvgIpc) is 2.63. The molecule has 0 aliphatic rings. The van der Waals surface area contributed by atoms with Crippen LogP contribution in [0.4, 0.5) is 0 Å². The van der Waals surface area contributed by atoms with Crippen LogP contribution in [0.3, 0.4) is 0 Å². The van der Waals surface area contributed by atoms with Crippen LogP contribution in [-0.2, 0) is 0 Å². The molecule has 0 unspecified atom stereocenters. The predicted octanol–water partition coefficient (Wildman–Crippen LogP) is 3.13. The zero-order valence-corrected chi connectivity index (χ0v) is 10.2. The van der Waals surface area contributed by atoms with E-state index in [-0.39, 0.29) is 0 Å². The largest absolute Gasteiger partial charge is 0.250 e. The maximum atomic E-state index is 5.98. The standard InChI is InChI=1S/C9H6Cl2N4S/c10-7-2-1-6(8(11)3-7)4-13-15-5-12-14-9(15)16/h1-5H,(H,14,16). The Morgan fingerprint density at radius 2 is 2.25 bits per heavy atom. The highest BCUT2D eigenvalue weighted by molar-refractivity contribution is 7.71. The van der Waals surface area contributed by atoms with Gasteiger partial charge in [0.1, 0.15) is 6.33 Å². The summed E-state index contributed by atoms with van der Waals surface area (Å²) in [6.45, 7) is 0. The third-order valence-corrected chi connectivity index (χ3v) is 2.66. The third-order valence-electron chi connectivity index (χ3n) is 1.82. The van der Waals surface area contributed by atoms with Gasteiger partial charge in [-0.25, -0.2) is 0 Å². The Bertz CT molecular complexity index is 587. The number of rotatable bonds is 2. The van der Waals surface area contributed by atoms with E-state index in [9.17, 15) is 0 Å². The molecule has 82 valence electrons. The molecule has 1 N–H and O–H groups in total. The van der Waals surface area contributed by atoms with Gasteiger partial charge in [0.2, 0.25) is 4.77 Å². The summed E-state index contributed by atoms with van der Waals surface area (Å²) in [5.41, 5.74) is 0.758. The molecular formula is C9H6Cl2N4S. The van der Waals surface area contributed by atoms with Crippen LogP contribution in [0.5, 0.6) is 0 Å². The van der Waals surface area contributed by atoms with E-state index in [0.29, 0.717) is 14.8 Å². The van der Waals surface area contributed by atoms with Gasteiger partial charge in [0.05, 0.1) is 11.2 Å². The minimum absolute atomic E-state index is 0.418. The van der Waals surface area contributed by atoms with Crippen molar-refractivity contribution >= 4 is 41.6 Å². The monoisotopic (exact) mass is 272 g/mol. The minimum atomic E-state index is 0.418. The number of aromatic nitrogens is 3. The van der Waals surface area contributed by atoms with E-state index in [2.05, 4.69) is 15.3 Å². The molecule has 0 atom stereocenters. The highest BCUT2D eigenvalue weighted by atomic mass is 35.5. The van der Waals surface area contributed by atoms with Gasteiger partial charge in [-0.05, 0) is 24.4 Å². The molecule has 0 aliphatic carbocycles. The van der Waals surface area contributed by atoms with Crippen molar-refractivity contribution in [2.75, 3.05) is 0 Å². The second kappa shape index (κ2) is 4.78. The Labute approximate surface area is 107 Å². The van der Waals surface area contributed by atoms with E-state index in [4.69, 9.17) is 35.4 Å². The van der Waals surface area contributed by atoms with E-state index < -0.39 is 0 Å². The summed E-state index contributed by atoms with van der Waals surface area (Å²) in [6, 6.07) is 5.17. The summed E-state index contributed by atoms with van der Waals surface area (Å²) in [7, 11) is 0. The minimum Gasteiger partial charge on any atom is -0.250 e. The Balaban J connectivity index is 2.31. The number of hydrogen-bond donors (Lipinski definition) is 1. The van der Waals surface area contributed by atoms with Gasteiger partial charge < -0.3 is 0 Å². The van der Waals surface area contributed by atoms with E-state index in [1.54, 1.807) is 24.4 Å². The molecule has 1 aromatic carbocycles. The SMILES string of the molecule is S=c1[nH]ncn1N=Cc1ccc(Cl)cc1Cl. The van der Waals surface area contributed by atoms with Gasteiger partial charge in [-0.1, -0.05) is 29.3 Å².